The fourth-order valence-electron chi connectivity index (χ4n) is 2.06. The molecule has 1 rings (SSSR count). The highest BCUT2D eigenvalue weighted by molar-refractivity contribution is 5.80. The fraction of sp³-hybridized carbons (Fsp3) is 0.857. The van der Waals surface area contributed by atoms with E-state index in [1.807, 2.05) is 0 Å². The van der Waals surface area contributed by atoms with Crippen molar-refractivity contribution < 1.29 is 24.2 Å². The van der Waals surface area contributed by atoms with Gasteiger partial charge in [-0.3, -0.25) is 9.59 Å². The van der Waals surface area contributed by atoms with Crippen LogP contribution in [0, 0.1) is 5.92 Å². The average Bonchev–Trinajstić information content (AvgIpc) is 2.42. The Kier molecular flexibility index (Phi) is 7.54. The van der Waals surface area contributed by atoms with E-state index in [4.69, 9.17) is 14.6 Å². The molecule has 0 bridgehead atoms. The van der Waals surface area contributed by atoms with Gasteiger partial charge >= 0.3 is 5.97 Å². The van der Waals surface area contributed by atoms with Gasteiger partial charge in [-0.05, 0) is 32.1 Å². The van der Waals surface area contributed by atoms with Crippen LogP contribution in [-0.2, 0) is 19.1 Å². The first-order valence-electron chi connectivity index (χ1n) is 7.21. The molecule has 0 radical (unpaired) electrons. The summed E-state index contributed by atoms with van der Waals surface area (Å²) in [5, 5.41) is 11.3. The van der Waals surface area contributed by atoms with Crippen molar-refractivity contribution in [2.75, 3.05) is 19.8 Å². The second-order valence-corrected chi connectivity index (χ2v) is 5.41. The molecule has 0 aromatic carbocycles. The lowest BCUT2D eigenvalue weighted by Crippen LogP contribution is -2.39. The van der Waals surface area contributed by atoms with E-state index in [1.165, 1.54) is 0 Å². The molecule has 0 aliphatic carbocycles. The molecule has 6 nitrogen and oxygen atoms in total. The third kappa shape index (κ3) is 6.86. The number of carboxylic acid groups (broad SMARTS) is 1. The normalized spacial score (nSPS) is 22.0. The molecule has 1 aliphatic rings. The minimum absolute atomic E-state index is 0.0471. The Morgan fingerprint density at radius 2 is 2.15 bits per heavy atom. The number of hydrogen-bond donors (Lipinski definition) is 2. The molecule has 0 aromatic heterocycles. The molecule has 20 heavy (non-hydrogen) atoms. The first-order chi connectivity index (χ1) is 9.49. The van der Waals surface area contributed by atoms with Crippen LogP contribution in [0.1, 0.15) is 39.5 Å². The van der Waals surface area contributed by atoms with Gasteiger partial charge in [0.2, 0.25) is 5.91 Å². The maximum atomic E-state index is 11.8. The van der Waals surface area contributed by atoms with E-state index < -0.39 is 12.1 Å². The predicted molar refractivity (Wildman–Crippen MR) is 73.4 cm³/mol. The Balaban J connectivity index is 2.16. The molecular formula is C14H25NO5. The highest BCUT2D eigenvalue weighted by atomic mass is 16.5. The number of aliphatic carboxylic acids is 1. The van der Waals surface area contributed by atoms with Gasteiger partial charge in [0, 0.05) is 19.6 Å². The van der Waals surface area contributed by atoms with Gasteiger partial charge < -0.3 is 19.9 Å². The minimum Gasteiger partial charge on any atom is -0.481 e. The van der Waals surface area contributed by atoms with Gasteiger partial charge in [0.25, 0.3) is 0 Å². The van der Waals surface area contributed by atoms with Crippen LogP contribution in [-0.4, -0.2) is 48.9 Å². The van der Waals surface area contributed by atoms with E-state index >= 15 is 0 Å². The Labute approximate surface area is 119 Å². The topological polar surface area (TPSA) is 84.9 Å². The van der Waals surface area contributed by atoms with Crippen molar-refractivity contribution in [3.63, 3.8) is 0 Å². The van der Waals surface area contributed by atoms with E-state index in [1.54, 1.807) is 13.8 Å². The fourth-order valence-corrected chi connectivity index (χ4v) is 2.06. The van der Waals surface area contributed by atoms with Crippen LogP contribution in [0.2, 0.25) is 0 Å². The quantitative estimate of drug-likeness (QED) is 0.700. The van der Waals surface area contributed by atoms with Crippen LogP contribution >= 0.6 is 0 Å². The monoisotopic (exact) mass is 287 g/mol. The Morgan fingerprint density at radius 1 is 1.40 bits per heavy atom. The minimum atomic E-state index is -0.856. The number of hydrogen-bond acceptors (Lipinski definition) is 4. The highest BCUT2D eigenvalue weighted by Crippen LogP contribution is 2.13. The summed E-state index contributed by atoms with van der Waals surface area (Å²) < 4.78 is 11.0. The molecule has 0 spiro atoms. The maximum absolute atomic E-state index is 11.8. The lowest BCUT2D eigenvalue weighted by molar-refractivity contribution is -0.139. The zero-order valence-corrected chi connectivity index (χ0v) is 12.3. The molecule has 1 fully saturated rings. The number of ether oxygens (including phenoxy) is 2. The van der Waals surface area contributed by atoms with Crippen LogP contribution in [0.4, 0.5) is 0 Å². The lowest BCUT2D eigenvalue weighted by atomic mass is 10.1. The number of rotatable bonds is 8. The zero-order valence-electron chi connectivity index (χ0n) is 12.3. The van der Waals surface area contributed by atoms with Crippen LogP contribution < -0.4 is 5.32 Å². The van der Waals surface area contributed by atoms with Crippen molar-refractivity contribution in [3.05, 3.63) is 0 Å². The molecule has 0 aromatic rings. The van der Waals surface area contributed by atoms with Crippen molar-refractivity contribution in [2.45, 2.75) is 51.7 Å². The first-order valence-corrected chi connectivity index (χ1v) is 7.21. The van der Waals surface area contributed by atoms with Gasteiger partial charge in [-0.2, -0.15) is 0 Å². The third-order valence-corrected chi connectivity index (χ3v) is 3.32. The molecule has 0 saturated carbocycles. The summed E-state index contributed by atoms with van der Waals surface area (Å²) >= 11 is 0. The van der Waals surface area contributed by atoms with Gasteiger partial charge in [0.15, 0.2) is 0 Å². The summed E-state index contributed by atoms with van der Waals surface area (Å²) in [6, 6.07) is 0. The lowest BCUT2D eigenvalue weighted by Gasteiger charge is -2.24. The van der Waals surface area contributed by atoms with E-state index in [2.05, 4.69) is 5.32 Å². The van der Waals surface area contributed by atoms with Gasteiger partial charge in [0.1, 0.15) is 6.10 Å². The van der Waals surface area contributed by atoms with Crippen LogP contribution in [0.15, 0.2) is 0 Å². The third-order valence-electron chi connectivity index (χ3n) is 3.32. The van der Waals surface area contributed by atoms with Crippen molar-refractivity contribution >= 4 is 11.9 Å². The molecule has 3 unspecified atom stereocenters. The Hall–Kier alpha value is -1.14. The summed E-state index contributed by atoms with van der Waals surface area (Å²) in [5.41, 5.74) is 0. The number of nitrogens with one attached hydrogen (secondary N) is 1. The Morgan fingerprint density at radius 3 is 2.75 bits per heavy atom. The van der Waals surface area contributed by atoms with Gasteiger partial charge in [-0.1, -0.05) is 6.92 Å². The summed E-state index contributed by atoms with van der Waals surface area (Å²) in [6.07, 6.45) is 2.80. The first kappa shape index (κ1) is 16.9. The highest BCUT2D eigenvalue weighted by Gasteiger charge is 2.19. The zero-order chi connectivity index (χ0) is 15.0. The summed E-state index contributed by atoms with van der Waals surface area (Å²) in [5.74, 6) is -1.16. The molecule has 1 aliphatic heterocycles. The Bertz CT molecular complexity index is 315. The van der Waals surface area contributed by atoms with Gasteiger partial charge in [0.05, 0.1) is 12.7 Å². The maximum Gasteiger partial charge on any atom is 0.303 e. The van der Waals surface area contributed by atoms with Crippen LogP contribution in [0.5, 0.6) is 0 Å². The summed E-state index contributed by atoms with van der Waals surface area (Å²) in [4.78, 5) is 22.3. The van der Waals surface area contributed by atoms with Gasteiger partial charge in [-0.15, -0.1) is 0 Å². The molecule has 1 amide bonds. The van der Waals surface area contributed by atoms with Crippen molar-refractivity contribution in [2.24, 2.45) is 5.92 Å². The molecule has 1 saturated heterocycles. The van der Waals surface area contributed by atoms with Crippen molar-refractivity contribution in [1.82, 2.24) is 5.32 Å². The van der Waals surface area contributed by atoms with Crippen molar-refractivity contribution in [3.8, 4) is 0 Å². The molecule has 2 N–H and O–H groups in total. The standard InChI is InChI=1S/C14H25NO5/c1-10(7-13(16)17)8-15-14(18)11(2)20-9-12-5-3-4-6-19-12/h10-12H,3-9H2,1-2H3,(H,15,18)(H,16,17). The molecule has 1 heterocycles. The van der Waals surface area contributed by atoms with E-state index in [9.17, 15) is 9.59 Å². The molecule has 6 heteroatoms. The summed E-state index contributed by atoms with van der Waals surface area (Å²) in [7, 11) is 0. The predicted octanol–water partition coefficient (Wildman–Crippen LogP) is 1.19. The van der Waals surface area contributed by atoms with E-state index in [0.29, 0.717) is 13.2 Å². The van der Waals surface area contributed by atoms with Crippen LogP contribution in [0.25, 0.3) is 0 Å². The number of carbonyl (C=O) groups excluding carboxylic acids is 1. The molecule has 3 atom stereocenters. The molecule has 116 valence electrons. The van der Waals surface area contributed by atoms with Crippen molar-refractivity contribution in [1.29, 1.82) is 0 Å². The van der Waals surface area contributed by atoms with Crippen LogP contribution in [0.3, 0.4) is 0 Å². The second-order valence-electron chi connectivity index (χ2n) is 5.41. The SMILES string of the molecule is CC(CNC(=O)C(C)OCC1CCCCO1)CC(=O)O. The number of carbonyl (C=O) groups is 2. The summed E-state index contributed by atoms with van der Waals surface area (Å²) in [6.45, 7) is 5.02. The number of amides is 1. The molecular weight excluding hydrogens is 262 g/mol. The smallest absolute Gasteiger partial charge is 0.303 e. The second kappa shape index (κ2) is 8.92. The number of carboxylic acids is 1. The average molecular weight is 287 g/mol. The largest absolute Gasteiger partial charge is 0.481 e. The van der Waals surface area contributed by atoms with Gasteiger partial charge in [-0.25, -0.2) is 0 Å². The van der Waals surface area contributed by atoms with E-state index in [-0.39, 0.29) is 24.3 Å². The van der Waals surface area contributed by atoms with E-state index in [0.717, 1.165) is 25.9 Å².